The van der Waals surface area contributed by atoms with Gasteiger partial charge in [-0.2, -0.15) is 0 Å². The molecule has 0 atom stereocenters. The SMILES string of the molecule is CN(C(=O)c1ccc(F)cc1[N+](=O)[O-])C1CCC(=O)CC1. The lowest BCUT2D eigenvalue weighted by Crippen LogP contribution is -2.39. The predicted molar refractivity (Wildman–Crippen MR) is 72.4 cm³/mol. The van der Waals surface area contributed by atoms with Gasteiger partial charge in [-0.15, -0.1) is 0 Å². The molecule has 0 spiro atoms. The zero-order valence-electron chi connectivity index (χ0n) is 11.5. The van der Waals surface area contributed by atoms with Gasteiger partial charge in [0.05, 0.1) is 11.0 Å². The molecule has 0 bridgehead atoms. The first-order chi connectivity index (χ1) is 9.90. The van der Waals surface area contributed by atoms with Gasteiger partial charge in [0.15, 0.2) is 0 Å². The Balaban J connectivity index is 2.23. The fraction of sp³-hybridized carbons (Fsp3) is 0.429. The molecule has 112 valence electrons. The van der Waals surface area contributed by atoms with Crippen LogP contribution in [0.2, 0.25) is 0 Å². The summed E-state index contributed by atoms with van der Waals surface area (Å²) >= 11 is 0. The van der Waals surface area contributed by atoms with E-state index >= 15 is 0 Å². The van der Waals surface area contributed by atoms with Gasteiger partial charge in [0, 0.05) is 25.9 Å². The molecule has 6 nitrogen and oxygen atoms in total. The molecule has 1 amide bonds. The highest BCUT2D eigenvalue weighted by atomic mass is 19.1. The molecule has 1 aromatic rings. The van der Waals surface area contributed by atoms with Gasteiger partial charge >= 0.3 is 0 Å². The lowest BCUT2D eigenvalue weighted by atomic mass is 9.93. The summed E-state index contributed by atoms with van der Waals surface area (Å²) in [6.07, 6.45) is 1.92. The summed E-state index contributed by atoms with van der Waals surface area (Å²) in [7, 11) is 1.55. The van der Waals surface area contributed by atoms with Crippen LogP contribution in [0.3, 0.4) is 0 Å². The number of carbonyl (C=O) groups is 2. The van der Waals surface area contributed by atoms with Crippen LogP contribution >= 0.6 is 0 Å². The Labute approximate surface area is 120 Å². The molecule has 0 unspecified atom stereocenters. The van der Waals surface area contributed by atoms with E-state index in [4.69, 9.17) is 0 Å². The molecule has 1 saturated carbocycles. The predicted octanol–water partition coefficient (Wildman–Crippen LogP) is 2.32. The second-order valence-corrected chi connectivity index (χ2v) is 5.10. The van der Waals surface area contributed by atoms with E-state index in [9.17, 15) is 24.1 Å². The number of nitrogens with zero attached hydrogens (tertiary/aromatic N) is 2. The van der Waals surface area contributed by atoms with Crippen molar-refractivity contribution in [3.05, 3.63) is 39.7 Å². The van der Waals surface area contributed by atoms with Crippen LogP contribution in [0.4, 0.5) is 10.1 Å². The van der Waals surface area contributed by atoms with Crippen molar-refractivity contribution in [1.82, 2.24) is 4.90 Å². The molecule has 2 rings (SSSR count). The van der Waals surface area contributed by atoms with Gasteiger partial charge in [0.25, 0.3) is 11.6 Å². The molecule has 1 aliphatic rings. The van der Waals surface area contributed by atoms with E-state index in [1.54, 1.807) is 7.05 Å². The first-order valence-electron chi connectivity index (χ1n) is 6.63. The molecule has 0 radical (unpaired) electrons. The number of Topliss-reactive ketones (excluding diaryl/α,β-unsaturated/α-hetero) is 1. The maximum atomic E-state index is 13.1. The van der Waals surface area contributed by atoms with Crippen LogP contribution in [-0.4, -0.2) is 34.6 Å². The minimum Gasteiger partial charge on any atom is -0.338 e. The van der Waals surface area contributed by atoms with Crippen LogP contribution in [0.15, 0.2) is 18.2 Å². The van der Waals surface area contributed by atoms with Gasteiger partial charge in [0.2, 0.25) is 0 Å². The second kappa shape index (κ2) is 5.99. The molecule has 1 aliphatic carbocycles. The van der Waals surface area contributed by atoms with Crippen molar-refractivity contribution in [1.29, 1.82) is 0 Å². The quantitative estimate of drug-likeness (QED) is 0.633. The van der Waals surface area contributed by atoms with Crippen LogP contribution in [-0.2, 0) is 4.79 Å². The number of ketones is 1. The van der Waals surface area contributed by atoms with Crippen LogP contribution in [0, 0.1) is 15.9 Å². The second-order valence-electron chi connectivity index (χ2n) is 5.10. The topological polar surface area (TPSA) is 80.5 Å². The number of rotatable bonds is 3. The summed E-state index contributed by atoms with van der Waals surface area (Å²) in [5, 5.41) is 10.9. The summed E-state index contributed by atoms with van der Waals surface area (Å²) < 4.78 is 13.1. The van der Waals surface area contributed by atoms with Crippen molar-refractivity contribution in [3.8, 4) is 0 Å². The third-order valence-corrected chi connectivity index (χ3v) is 3.77. The van der Waals surface area contributed by atoms with E-state index < -0.39 is 22.3 Å². The summed E-state index contributed by atoms with van der Waals surface area (Å²) in [6.45, 7) is 0. The first kappa shape index (κ1) is 15.1. The molecule has 0 aromatic heterocycles. The number of amides is 1. The lowest BCUT2D eigenvalue weighted by molar-refractivity contribution is -0.385. The van der Waals surface area contributed by atoms with Crippen molar-refractivity contribution in [2.45, 2.75) is 31.7 Å². The van der Waals surface area contributed by atoms with Crippen LogP contribution in [0.25, 0.3) is 0 Å². The van der Waals surface area contributed by atoms with Crippen molar-refractivity contribution in [2.75, 3.05) is 7.05 Å². The molecule has 1 aromatic carbocycles. The maximum absolute atomic E-state index is 13.1. The normalized spacial score (nSPS) is 15.8. The highest BCUT2D eigenvalue weighted by molar-refractivity contribution is 5.98. The first-order valence-corrected chi connectivity index (χ1v) is 6.63. The van der Waals surface area contributed by atoms with Crippen LogP contribution < -0.4 is 0 Å². The van der Waals surface area contributed by atoms with Gasteiger partial charge in [0.1, 0.15) is 17.2 Å². The van der Waals surface area contributed by atoms with Crippen molar-refractivity contribution < 1.29 is 18.9 Å². The number of nitro benzene ring substituents is 1. The fourth-order valence-electron chi connectivity index (χ4n) is 2.50. The van der Waals surface area contributed by atoms with E-state index in [1.807, 2.05) is 0 Å². The van der Waals surface area contributed by atoms with Crippen LogP contribution in [0.1, 0.15) is 36.0 Å². The molecule has 0 heterocycles. The average molecular weight is 294 g/mol. The minimum absolute atomic E-state index is 0.125. The minimum atomic E-state index is -0.769. The molecule has 7 heteroatoms. The molecule has 0 N–H and O–H groups in total. The van der Waals surface area contributed by atoms with E-state index in [-0.39, 0.29) is 17.4 Å². The monoisotopic (exact) mass is 294 g/mol. The number of carbonyl (C=O) groups excluding carboxylic acids is 2. The molecular formula is C14H15FN2O4. The summed E-state index contributed by atoms with van der Waals surface area (Å²) in [4.78, 5) is 35.2. The zero-order valence-corrected chi connectivity index (χ0v) is 11.5. The Morgan fingerprint density at radius 2 is 2.00 bits per heavy atom. The summed E-state index contributed by atoms with van der Waals surface area (Å²) in [6, 6.07) is 2.77. The van der Waals surface area contributed by atoms with Gasteiger partial charge in [-0.1, -0.05) is 0 Å². The lowest BCUT2D eigenvalue weighted by Gasteiger charge is -2.30. The van der Waals surface area contributed by atoms with Gasteiger partial charge in [-0.25, -0.2) is 4.39 Å². The summed E-state index contributed by atoms with van der Waals surface area (Å²) in [5.74, 6) is -1.12. The van der Waals surface area contributed by atoms with E-state index in [2.05, 4.69) is 0 Å². The Hall–Kier alpha value is -2.31. The average Bonchev–Trinajstić information content (AvgIpc) is 2.46. The molecule has 0 aliphatic heterocycles. The Bertz CT molecular complexity index is 593. The molecule has 0 saturated heterocycles. The number of hydrogen-bond acceptors (Lipinski definition) is 4. The number of halogens is 1. The van der Waals surface area contributed by atoms with Gasteiger partial charge < -0.3 is 4.90 Å². The van der Waals surface area contributed by atoms with E-state index in [0.29, 0.717) is 25.7 Å². The van der Waals surface area contributed by atoms with Crippen molar-refractivity contribution in [2.24, 2.45) is 0 Å². The maximum Gasteiger partial charge on any atom is 0.285 e. The molecule has 21 heavy (non-hydrogen) atoms. The highest BCUT2D eigenvalue weighted by Crippen LogP contribution is 2.25. The number of hydrogen-bond donors (Lipinski definition) is 0. The Kier molecular flexibility index (Phi) is 4.30. The fourth-order valence-corrected chi connectivity index (χ4v) is 2.50. The summed E-state index contributed by atoms with van der Waals surface area (Å²) in [5.41, 5.74) is -0.681. The Morgan fingerprint density at radius 1 is 1.38 bits per heavy atom. The van der Waals surface area contributed by atoms with Crippen molar-refractivity contribution >= 4 is 17.4 Å². The molecular weight excluding hydrogens is 279 g/mol. The van der Waals surface area contributed by atoms with Gasteiger partial charge in [-0.05, 0) is 25.0 Å². The van der Waals surface area contributed by atoms with Gasteiger partial charge in [-0.3, -0.25) is 19.7 Å². The standard InChI is InChI=1S/C14H15FN2O4/c1-16(10-3-5-11(18)6-4-10)14(19)12-7-2-9(15)8-13(12)17(20)21/h2,7-8,10H,3-6H2,1H3. The van der Waals surface area contributed by atoms with E-state index in [1.165, 1.54) is 4.90 Å². The van der Waals surface area contributed by atoms with Crippen LogP contribution in [0.5, 0.6) is 0 Å². The smallest absolute Gasteiger partial charge is 0.285 e. The highest BCUT2D eigenvalue weighted by Gasteiger charge is 2.29. The number of nitro groups is 1. The largest absolute Gasteiger partial charge is 0.338 e. The molecule has 1 fully saturated rings. The van der Waals surface area contributed by atoms with Crippen molar-refractivity contribution in [3.63, 3.8) is 0 Å². The third kappa shape index (κ3) is 3.24. The number of benzene rings is 1. The zero-order chi connectivity index (χ0) is 15.6. The Morgan fingerprint density at radius 3 is 2.57 bits per heavy atom. The van der Waals surface area contributed by atoms with E-state index in [0.717, 1.165) is 18.2 Å². The third-order valence-electron chi connectivity index (χ3n) is 3.77.